The average molecular weight is 413 g/mol. The minimum Gasteiger partial charge on any atom is -0.493 e. The van der Waals surface area contributed by atoms with Gasteiger partial charge >= 0.3 is 0 Å². The van der Waals surface area contributed by atoms with Gasteiger partial charge in [-0.3, -0.25) is 0 Å². The van der Waals surface area contributed by atoms with E-state index >= 15 is 0 Å². The Morgan fingerprint density at radius 2 is 1.70 bits per heavy atom. The number of nitrogens with one attached hydrogen (secondary N) is 1. The first-order valence-corrected chi connectivity index (χ1v) is 9.86. The zero-order valence-electron chi connectivity index (χ0n) is 15.4. The number of nitrogens with zero attached hydrogens (tertiary/aromatic N) is 1. The summed E-state index contributed by atoms with van der Waals surface area (Å²) in [5.74, 6) is 1.28. The average Bonchev–Trinajstić information content (AvgIpc) is 2.62. The van der Waals surface area contributed by atoms with Crippen molar-refractivity contribution in [2.75, 3.05) is 14.2 Å². The largest absolute Gasteiger partial charge is 0.493 e. The van der Waals surface area contributed by atoms with Gasteiger partial charge in [0, 0.05) is 6.07 Å². The molecular formula is C18H21ClN2O5S. The van der Waals surface area contributed by atoms with Gasteiger partial charge in [-0.2, -0.15) is 13.5 Å². The van der Waals surface area contributed by atoms with Crippen molar-refractivity contribution < 1.29 is 22.6 Å². The number of ether oxygens (including phenoxy) is 3. The number of sulfonamides is 1. The summed E-state index contributed by atoms with van der Waals surface area (Å²) in [7, 11) is -0.967. The van der Waals surface area contributed by atoms with Crippen LogP contribution in [-0.2, 0) is 10.0 Å². The Morgan fingerprint density at radius 3 is 2.30 bits per heavy atom. The van der Waals surface area contributed by atoms with E-state index in [0.29, 0.717) is 27.8 Å². The number of rotatable bonds is 8. The summed E-state index contributed by atoms with van der Waals surface area (Å²) in [4.78, 5) is 2.15. The first-order valence-electron chi connectivity index (χ1n) is 8.00. The van der Waals surface area contributed by atoms with Gasteiger partial charge in [0.15, 0.2) is 11.5 Å². The molecule has 0 unspecified atom stereocenters. The summed E-state index contributed by atoms with van der Waals surface area (Å²) in [5, 5.41) is 4.20. The minimum absolute atomic E-state index is 0.00369. The Balaban J connectivity index is 2.14. The van der Waals surface area contributed by atoms with Crippen molar-refractivity contribution in [2.45, 2.75) is 24.8 Å². The molecule has 2 aromatic carbocycles. The molecule has 0 bridgehead atoms. The van der Waals surface area contributed by atoms with Crippen molar-refractivity contribution in [1.82, 2.24) is 4.83 Å². The van der Waals surface area contributed by atoms with Crippen LogP contribution in [-0.4, -0.2) is 35.0 Å². The molecular weight excluding hydrogens is 392 g/mol. The molecule has 0 atom stereocenters. The number of benzene rings is 2. The molecule has 0 fully saturated rings. The van der Waals surface area contributed by atoms with E-state index < -0.39 is 10.0 Å². The highest BCUT2D eigenvalue weighted by Gasteiger charge is 2.16. The quantitative estimate of drug-likeness (QED) is 0.530. The van der Waals surface area contributed by atoms with Crippen LogP contribution >= 0.6 is 11.6 Å². The monoisotopic (exact) mass is 412 g/mol. The SMILES string of the molecule is COc1ccc(S(=O)(=O)N/N=C/c2ccc(OC(C)C)c(Cl)c2)cc1OC. The van der Waals surface area contributed by atoms with Crippen LogP contribution in [0, 0.1) is 0 Å². The van der Waals surface area contributed by atoms with Crippen molar-refractivity contribution in [3.8, 4) is 17.2 Å². The van der Waals surface area contributed by atoms with E-state index in [4.69, 9.17) is 25.8 Å². The molecule has 9 heteroatoms. The molecule has 2 aromatic rings. The van der Waals surface area contributed by atoms with Crippen LogP contribution in [0.5, 0.6) is 17.2 Å². The fourth-order valence-corrected chi connectivity index (χ4v) is 3.19. The molecule has 27 heavy (non-hydrogen) atoms. The summed E-state index contributed by atoms with van der Waals surface area (Å²) in [6.45, 7) is 3.79. The normalized spacial score (nSPS) is 11.6. The van der Waals surface area contributed by atoms with E-state index in [9.17, 15) is 8.42 Å². The predicted octanol–water partition coefficient (Wildman–Crippen LogP) is 3.46. The van der Waals surface area contributed by atoms with Gasteiger partial charge in [0.05, 0.1) is 36.5 Å². The molecule has 0 spiro atoms. The number of hydrazone groups is 1. The second kappa shape index (κ2) is 8.96. The second-order valence-corrected chi connectivity index (χ2v) is 7.79. The van der Waals surface area contributed by atoms with E-state index in [1.807, 2.05) is 13.8 Å². The van der Waals surface area contributed by atoms with Crippen LogP contribution in [0.3, 0.4) is 0 Å². The fourth-order valence-electron chi connectivity index (χ4n) is 2.15. The van der Waals surface area contributed by atoms with Gasteiger partial charge in [-0.15, -0.1) is 0 Å². The summed E-state index contributed by atoms with van der Waals surface area (Å²) in [6, 6.07) is 9.31. The summed E-state index contributed by atoms with van der Waals surface area (Å²) < 4.78 is 40.5. The molecule has 0 aliphatic heterocycles. The minimum atomic E-state index is -3.86. The van der Waals surface area contributed by atoms with Crippen molar-refractivity contribution in [2.24, 2.45) is 5.10 Å². The topological polar surface area (TPSA) is 86.2 Å². The van der Waals surface area contributed by atoms with Crippen LogP contribution < -0.4 is 19.0 Å². The van der Waals surface area contributed by atoms with Gasteiger partial charge in [0.2, 0.25) is 0 Å². The molecule has 0 aliphatic rings. The molecule has 146 valence electrons. The van der Waals surface area contributed by atoms with Gasteiger partial charge in [0.25, 0.3) is 10.0 Å². The standard InChI is InChI=1S/C18H21ClN2O5S/c1-12(2)26-16-7-5-13(9-15(16)19)11-20-21-27(22,23)14-6-8-17(24-3)18(10-14)25-4/h5-12,21H,1-4H3/b20-11+. The first kappa shape index (κ1) is 20.9. The molecule has 0 radical (unpaired) electrons. The molecule has 0 saturated heterocycles. The van der Waals surface area contributed by atoms with Gasteiger partial charge in [-0.1, -0.05) is 11.6 Å². The Labute approximate surface area is 163 Å². The van der Waals surface area contributed by atoms with Crippen LogP contribution in [0.25, 0.3) is 0 Å². The zero-order valence-corrected chi connectivity index (χ0v) is 17.0. The van der Waals surface area contributed by atoms with E-state index in [1.54, 1.807) is 18.2 Å². The molecule has 1 N–H and O–H groups in total. The smallest absolute Gasteiger partial charge is 0.276 e. The van der Waals surface area contributed by atoms with Gasteiger partial charge < -0.3 is 14.2 Å². The second-order valence-electron chi connectivity index (χ2n) is 5.73. The lowest BCUT2D eigenvalue weighted by atomic mass is 10.2. The highest BCUT2D eigenvalue weighted by molar-refractivity contribution is 7.89. The van der Waals surface area contributed by atoms with Gasteiger partial charge in [-0.25, -0.2) is 4.83 Å². The molecule has 7 nitrogen and oxygen atoms in total. The molecule has 2 rings (SSSR count). The molecule has 0 heterocycles. The Kier molecular flexibility index (Phi) is 6.92. The van der Waals surface area contributed by atoms with Crippen molar-refractivity contribution >= 4 is 27.8 Å². The van der Waals surface area contributed by atoms with Crippen LogP contribution in [0.2, 0.25) is 5.02 Å². The fraction of sp³-hybridized carbons (Fsp3) is 0.278. The third-order valence-electron chi connectivity index (χ3n) is 3.37. The van der Waals surface area contributed by atoms with Crippen LogP contribution in [0.4, 0.5) is 0 Å². The van der Waals surface area contributed by atoms with Crippen LogP contribution in [0.1, 0.15) is 19.4 Å². The molecule has 0 aliphatic carbocycles. The highest BCUT2D eigenvalue weighted by Crippen LogP contribution is 2.29. The van der Waals surface area contributed by atoms with Crippen molar-refractivity contribution in [3.05, 3.63) is 47.0 Å². The maximum Gasteiger partial charge on any atom is 0.276 e. The van der Waals surface area contributed by atoms with E-state index in [0.717, 1.165) is 0 Å². The lowest BCUT2D eigenvalue weighted by Crippen LogP contribution is -2.18. The number of halogens is 1. The number of methoxy groups -OCH3 is 2. The Hall–Kier alpha value is -2.45. The molecule has 0 amide bonds. The third-order valence-corrected chi connectivity index (χ3v) is 4.89. The molecule has 0 aromatic heterocycles. The lowest BCUT2D eigenvalue weighted by molar-refractivity contribution is 0.242. The Bertz CT molecular complexity index is 929. The van der Waals surface area contributed by atoms with Gasteiger partial charge in [-0.05, 0) is 49.7 Å². The van der Waals surface area contributed by atoms with E-state index in [-0.39, 0.29) is 11.0 Å². The molecule has 0 saturated carbocycles. The van der Waals surface area contributed by atoms with Gasteiger partial charge in [0.1, 0.15) is 5.75 Å². The summed E-state index contributed by atoms with van der Waals surface area (Å²) in [5.41, 5.74) is 0.617. The van der Waals surface area contributed by atoms with E-state index in [1.165, 1.54) is 38.6 Å². The maximum absolute atomic E-state index is 12.4. The van der Waals surface area contributed by atoms with Crippen molar-refractivity contribution in [3.63, 3.8) is 0 Å². The first-order chi connectivity index (χ1) is 12.8. The third kappa shape index (κ3) is 5.51. The Morgan fingerprint density at radius 1 is 1.04 bits per heavy atom. The lowest BCUT2D eigenvalue weighted by Gasteiger charge is -2.11. The number of hydrogen-bond donors (Lipinski definition) is 1. The number of hydrogen-bond acceptors (Lipinski definition) is 6. The van der Waals surface area contributed by atoms with E-state index in [2.05, 4.69) is 9.93 Å². The summed E-state index contributed by atoms with van der Waals surface area (Å²) in [6.07, 6.45) is 1.35. The van der Waals surface area contributed by atoms with Crippen molar-refractivity contribution in [1.29, 1.82) is 0 Å². The zero-order chi connectivity index (χ0) is 20.0. The maximum atomic E-state index is 12.4. The van der Waals surface area contributed by atoms with Crippen LogP contribution in [0.15, 0.2) is 46.4 Å². The summed E-state index contributed by atoms with van der Waals surface area (Å²) >= 11 is 6.15. The predicted molar refractivity (Wildman–Crippen MR) is 105 cm³/mol. The highest BCUT2D eigenvalue weighted by atomic mass is 35.5.